The maximum Gasteiger partial charge on any atom is 0.141 e. The van der Waals surface area contributed by atoms with Crippen molar-refractivity contribution in [3.63, 3.8) is 0 Å². The first-order valence-corrected chi connectivity index (χ1v) is 14.5. The third-order valence-electron chi connectivity index (χ3n) is 7.64. The highest BCUT2D eigenvalue weighted by atomic mass is 35.5. The largest absolute Gasteiger partial charge is 0.373 e. The summed E-state index contributed by atoms with van der Waals surface area (Å²) in [6.07, 6.45) is 4.33. The van der Waals surface area contributed by atoms with E-state index in [1.807, 2.05) is 16.9 Å². The van der Waals surface area contributed by atoms with Crippen molar-refractivity contribution in [2.24, 2.45) is 0 Å². The Morgan fingerprint density at radius 2 is 1.86 bits per heavy atom. The first-order chi connectivity index (χ1) is 20.8. The minimum Gasteiger partial charge on any atom is -0.373 e. The van der Waals surface area contributed by atoms with Crippen LogP contribution in [0.1, 0.15) is 42.2 Å². The number of aromatic nitrogens is 4. The normalized spacial score (nSPS) is 15.9. The van der Waals surface area contributed by atoms with E-state index in [-0.39, 0.29) is 22.4 Å². The Labute approximate surface area is 256 Å². The summed E-state index contributed by atoms with van der Waals surface area (Å²) in [6, 6.07) is 15.8. The third kappa shape index (κ3) is 5.97. The van der Waals surface area contributed by atoms with Gasteiger partial charge in [-0.25, -0.2) is 13.5 Å². The molecule has 0 radical (unpaired) electrons. The van der Waals surface area contributed by atoms with Crippen molar-refractivity contribution in [3.05, 3.63) is 105 Å². The zero-order chi connectivity index (χ0) is 30.1. The quantitative estimate of drug-likeness (QED) is 0.186. The van der Waals surface area contributed by atoms with Crippen molar-refractivity contribution in [3.8, 4) is 6.07 Å². The zero-order valence-electron chi connectivity index (χ0n) is 23.0. The summed E-state index contributed by atoms with van der Waals surface area (Å²) in [5.41, 5.74) is 3.68. The Kier molecular flexibility index (Phi) is 8.13. The van der Waals surface area contributed by atoms with Gasteiger partial charge in [0, 0.05) is 36.0 Å². The average Bonchev–Trinajstić information content (AvgIpc) is 3.69. The van der Waals surface area contributed by atoms with Gasteiger partial charge in [-0.05, 0) is 61.0 Å². The van der Waals surface area contributed by atoms with Gasteiger partial charge in [-0.1, -0.05) is 47.5 Å². The smallest absolute Gasteiger partial charge is 0.141 e. The van der Waals surface area contributed by atoms with E-state index in [9.17, 15) is 14.0 Å². The lowest BCUT2D eigenvalue weighted by atomic mass is 10.0. The van der Waals surface area contributed by atoms with E-state index in [0.29, 0.717) is 38.7 Å². The molecule has 12 heteroatoms. The van der Waals surface area contributed by atoms with Gasteiger partial charge in [0.1, 0.15) is 23.4 Å². The fraction of sp³-hybridized carbons (Fsp3) is 0.226. The van der Waals surface area contributed by atoms with Crippen molar-refractivity contribution in [2.45, 2.75) is 25.4 Å². The summed E-state index contributed by atoms with van der Waals surface area (Å²) < 4.78 is 29.6. The van der Waals surface area contributed by atoms with Gasteiger partial charge in [-0.3, -0.25) is 4.98 Å². The van der Waals surface area contributed by atoms with Crippen LogP contribution < -0.4 is 10.6 Å². The molecular formula is C31H26Cl2F2N8. The number of pyridine rings is 1. The van der Waals surface area contributed by atoms with Crippen LogP contribution in [0.4, 0.5) is 25.8 Å². The number of halogens is 4. The van der Waals surface area contributed by atoms with Crippen molar-refractivity contribution < 1.29 is 8.78 Å². The lowest BCUT2D eigenvalue weighted by Crippen LogP contribution is -2.21. The molecule has 3 aromatic carbocycles. The summed E-state index contributed by atoms with van der Waals surface area (Å²) in [5, 5.41) is 26.3. The molecule has 1 aliphatic heterocycles. The molecule has 2 atom stereocenters. The standard InChI is InChI=1S/C31H26Cl2F2N8/c1-2-42-10-9-23(16-42)43-17-28(40-41-43)30(18-3-5-20(34)6-4-18)39-22-11-24-29(38-21-7-8-27(35)25(32)12-21)19(14-36)15-37-31(24)26(33)13-22/h3-8,11-13,15,17,23,30,39H,2,9-10,16H2,1H3,(H,37,38)/t23-,30?/m0/s1. The Morgan fingerprint density at radius 1 is 1.07 bits per heavy atom. The van der Waals surface area contributed by atoms with Gasteiger partial charge in [0.2, 0.25) is 0 Å². The van der Waals surface area contributed by atoms with Gasteiger partial charge in [-0.15, -0.1) is 5.10 Å². The topological polar surface area (TPSA) is 94.7 Å². The maximum absolute atomic E-state index is 13.9. The molecule has 0 amide bonds. The fourth-order valence-corrected chi connectivity index (χ4v) is 5.80. The molecule has 2 N–H and O–H groups in total. The zero-order valence-corrected chi connectivity index (χ0v) is 24.5. The molecule has 2 aromatic heterocycles. The minimum atomic E-state index is -0.554. The number of hydrogen-bond acceptors (Lipinski definition) is 7. The lowest BCUT2D eigenvalue weighted by molar-refractivity contribution is 0.334. The molecule has 0 bridgehead atoms. The number of nitrogens with zero attached hydrogens (tertiary/aromatic N) is 6. The monoisotopic (exact) mass is 618 g/mol. The van der Waals surface area contributed by atoms with Gasteiger partial charge >= 0.3 is 0 Å². The molecule has 1 unspecified atom stereocenters. The highest BCUT2D eigenvalue weighted by molar-refractivity contribution is 6.36. The van der Waals surface area contributed by atoms with Crippen LogP contribution in [0, 0.1) is 23.0 Å². The van der Waals surface area contributed by atoms with Crippen molar-refractivity contribution in [2.75, 3.05) is 30.3 Å². The SMILES string of the molecule is CCN1CC[C@H](n2cc(C(Nc3cc(Cl)c4ncc(C#N)c(Nc5ccc(F)c(Cl)c5)c4c3)c3ccc(F)cc3)nn2)C1. The van der Waals surface area contributed by atoms with E-state index >= 15 is 0 Å². The van der Waals surface area contributed by atoms with Crippen LogP contribution in [-0.4, -0.2) is 44.5 Å². The second kappa shape index (κ2) is 12.1. The number of hydrogen-bond donors (Lipinski definition) is 2. The second-order valence-electron chi connectivity index (χ2n) is 10.4. The number of nitrogens with one attached hydrogen (secondary N) is 2. The van der Waals surface area contributed by atoms with Gasteiger partial charge in [-0.2, -0.15) is 5.26 Å². The molecule has 8 nitrogen and oxygen atoms in total. The summed E-state index contributed by atoms with van der Waals surface area (Å²) in [4.78, 5) is 6.78. The van der Waals surface area contributed by atoms with Crippen LogP contribution in [0.15, 0.2) is 67.0 Å². The van der Waals surface area contributed by atoms with Crippen LogP contribution in [0.5, 0.6) is 0 Å². The van der Waals surface area contributed by atoms with Crippen LogP contribution in [0.25, 0.3) is 10.9 Å². The highest BCUT2D eigenvalue weighted by Crippen LogP contribution is 2.37. The Balaban J connectivity index is 1.40. The van der Waals surface area contributed by atoms with Gasteiger partial charge in [0.15, 0.2) is 0 Å². The number of benzene rings is 3. The lowest BCUT2D eigenvalue weighted by Gasteiger charge is -2.20. The maximum atomic E-state index is 13.9. The van der Waals surface area contributed by atoms with Crippen LogP contribution >= 0.6 is 23.2 Å². The highest BCUT2D eigenvalue weighted by Gasteiger charge is 2.26. The first kappa shape index (κ1) is 28.8. The molecule has 0 spiro atoms. The number of anilines is 3. The van der Waals surface area contributed by atoms with Gasteiger partial charge in [0.25, 0.3) is 0 Å². The Hall–Kier alpha value is -4.30. The van der Waals surface area contributed by atoms with E-state index in [0.717, 1.165) is 31.6 Å². The van der Waals surface area contributed by atoms with Crippen molar-refractivity contribution in [1.82, 2.24) is 24.9 Å². The van der Waals surface area contributed by atoms with Crippen molar-refractivity contribution >= 4 is 51.2 Å². The number of likely N-dealkylation sites (N-methyl/N-ethyl adjacent to an activating group) is 1. The van der Waals surface area contributed by atoms with Crippen LogP contribution in [0.3, 0.4) is 0 Å². The van der Waals surface area contributed by atoms with E-state index in [1.54, 1.807) is 18.2 Å². The molecule has 218 valence electrons. The van der Waals surface area contributed by atoms with E-state index < -0.39 is 11.9 Å². The molecule has 1 fully saturated rings. The third-order valence-corrected chi connectivity index (χ3v) is 8.22. The molecule has 1 saturated heterocycles. The van der Waals surface area contributed by atoms with Crippen molar-refractivity contribution in [1.29, 1.82) is 5.26 Å². The van der Waals surface area contributed by atoms with Gasteiger partial charge in [0.05, 0.1) is 45.1 Å². The predicted octanol–water partition coefficient (Wildman–Crippen LogP) is 7.49. The number of fused-ring (bicyclic) bond motifs is 1. The summed E-state index contributed by atoms with van der Waals surface area (Å²) in [6.45, 7) is 5.03. The molecule has 0 aliphatic carbocycles. The Bertz CT molecular complexity index is 1840. The van der Waals surface area contributed by atoms with E-state index in [2.05, 4.69) is 43.8 Å². The summed E-state index contributed by atoms with van der Waals surface area (Å²) >= 11 is 12.7. The van der Waals surface area contributed by atoms with E-state index in [1.165, 1.54) is 36.5 Å². The molecule has 1 aliphatic rings. The molecule has 43 heavy (non-hydrogen) atoms. The predicted molar refractivity (Wildman–Crippen MR) is 164 cm³/mol. The Morgan fingerprint density at radius 3 is 2.58 bits per heavy atom. The minimum absolute atomic E-state index is 0.0579. The van der Waals surface area contributed by atoms with Crippen LogP contribution in [0.2, 0.25) is 10.0 Å². The fourth-order valence-electron chi connectivity index (χ4n) is 5.35. The number of likely N-dealkylation sites (tertiary alicyclic amines) is 1. The molecular weight excluding hydrogens is 593 g/mol. The summed E-state index contributed by atoms with van der Waals surface area (Å²) in [5.74, 6) is -0.904. The average molecular weight is 620 g/mol. The first-order valence-electron chi connectivity index (χ1n) is 13.7. The number of rotatable bonds is 8. The van der Waals surface area contributed by atoms with E-state index in [4.69, 9.17) is 23.2 Å². The second-order valence-corrected chi connectivity index (χ2v) is 11.2. The molecule has 3 heterocycles. The molecule has 5 aromatic rings. The van der Waals surface area contributed by atoms with Crippen LogP contribution in [-0.2, 0) is 0 Å². The van der Waals surface area contributed by atoms with Gasteiger partial charge < -0.3 is 15.5 Å². The summed E-state index contributed by atoms with van der Waals surface area (Å²) in [7, 11) is 0. The number of nitriles is 1. The molecule has 0 saturated carbocycles. The molecule has 6 rings (SSSR count).